The number of hydrogen-bond donors (Lipinski definition) is 2. The van der Waals surface area contributed by atoms with Crippen LogP contribution in [0.25, 0.3) is 11.2 Å². The Morgan fingerprint density at radius 3 is 2.32 bits per heavy atom. The van der Waals surface area contributed by atoms with Gasteiger partial charge in [-0.3, -0.25) is 18.7 Å². The van der Waals surface area contributed by atoms with Crippen LogP contribution < -0.4 is 21.5 Å². The Hall–Kier alpha value is -3.47. The minimum absolute atomic E-state index is 0.0220. The van der Waals surface area contributed by atoms with Crippen molar-refractivity contribution < 1.29 is 4.79 Å². The van der Waals surface area contributed by atoms with E-state index in [1.807, 2.05) is 17.0 Å². The summed E-state index contributed by atoms with van der Waals surface area (Å²) in [5, 5.41) is 3.81. The minimum Gasteiger partial charge on any atom is -0.345 e. The Morgan fingerprint density at radius 1 is 1.06 bits per heavy atom. The average Bonchev–Trinajstić information content (AvgIpc) is 3.22. The van der Waals surface area contributed by atoms with Crippen LogP contribution in [0.2, 0.25) is 0 Å². The fourth-order valence-corrected chi connectivity index (χ4v) is 3.88. The van der Waals surface area contributed by atoms with Gasteiger partial charge in [0.2, 0.25) is 5.95 Å². The van der Waals surface area contributed by atoms with Crippen molar-refractivity contribution in [3.05, 3.63) is 50.7 Å². The van der Waals surface area contributed by atoms with E-state index in [-0.39, 0.29) is 5.78 Å². The van der Waals surface area contributed by atoms with Crippen molar-refractivity contribution in [2.75, 3.05) is 36.4 Å². The van der Waals surface area contributed by atoms with Gasteiger partial charge < -0.3 is 20.1 Å². The number of aromatic amines is 1. The molecule has 0 atom stereocenters. The minimum atomic E-state index is -0.409. The van der Waals surface area contributed by atoms with Crippen LogP contribution >= 0.6 is 12.2 Å². The number of piperazine rings is 1. The van der Waals surface area contributed by atoms with E-state index in [4.69, 9.17) is 12.2 Å². The Morgan fingerprint density at radius 2 is 1.71 bits per heavy atom. The Labute approximate surface area is 183 Å². The summed E-state index contributed by atoms with van der Waals surface area (Å²) >= 11 is 5.53. The maximum Gasteiger partial charge on any atom is 0.332 e. The highest BCUT2D eigenvalue weighted by Gasteiger charge is 2.23. The van der Waals surface area contributed by atoms with Crippen LogP contribution in [0.1, 0.15) is 17.3 Å². The molecule has 0 radical (unpaired) electrons. The Kier molecular flexibility index (Phi) is 5.36. The van der Waals surface area contributed by atoms with E-state index in [1.54, 1.807) is 19.2 Å². The molecular weight excluding hydrogens is 418 g/mol. The molecule has 3 aromatic rings. The van der Waals surface area contributed by atoms with Crippen LogP contribution in [0.4, 0.5) is 11.6 Å². The lowest BCUT2D eigenvalue weighted by Gasteiger charge is -2.36. The van der Waals surface area contributed by atoms with E-state index in [0.29, 0.717) is 54.0 Å². The summed E-state index contributed by atoms with van der Waals surface area (Å²) in [6.45, 7) is 4.18. The van der Waals surface area contributed by atoms with Gasteiger partial charge in [-0.1, -0.05) is 0 Å². The van der Waals surface area contributed by atoms with E-state index in [9.17, 15) is 14.4 Å². The molecule has 1 fully saturated rings. The molecule has 11 heteroatoms. The zero-order chi connectivity index (χ0) is 22.3. The summed E-state index contributed by atoms with van der Waals surface area (Å²) in [6, 6.07) is 7.20. The van der Waals surface area contributed by atoms with Gasteiger partial charge in [-0.15, -0.1) is 0 Å². The van der Waals surface area contributed by atoms with Gasteiger partial charge in [0.05, 0.1) is 0 Å². The van der Waals surface area contributed by atoms with E-state index >= 15 is 0 Å². The molecule has 0 amide bonds. The lowest BCUT2D eigenvalue weighted by atomic mass is 10.1. The Bertz CT molecular complexity index is 1280. The second-order valence-electron chi connectivity index (χ2n) is 7.50. The van der Waals surface area contributed by atoms with Crippen molar-refractivity contribution in [2.24, 2.45) is 14.1 Å². The quantitative estimate of drug-likeness (QED) is 0.451. The zero-order valence-electron chi connectivity index (χ0n) is 17.5. The lowest BCUT2D eigenvalue weighted by Crippen LogP contribution is -2.50. The standard InChI is InChI=1S/C20H23N7O3S/c1-12(28)13-4-6-14(7-5-13)21-19(31)27-10-8-26(9-11-27)18-22-15-16(23-18)24(2)20(30)25(3)17(15)29/h4-7H,8-11H2,1-3H3,(H,21,31)(H,22,23). The topological polar surface area (TPSA) is 108 Å². The zero-order valence-corrected chi connectivity index (χ0v) is 18.3. The largest absolute Gasteiger partial charge is 0.345 e. The molecule has 1 aliphatic heterocycles. The number of imidazole rings is 1. The molecule has 2 N–H and O–H groups in total. The predicted octanol–water partition coefficient (Wildman–Crippen LogP) is 0.682. The SMILES string of the molecule is CC(=O)c1ccc(NC(=S)N2CCN(c3nc4c([nH]3)c(=O)n(C)c(=O)n4C)CC2)cc1. The van der Waals surface area contributed by atoms with Gasteiger partial charge in [-0.25, -0.2) is 4.79 Å². The molecule has 0 bridgehead atoms. The summed E-state index contributed by atoms with van der Waals surface area (Å²) in [4.78, 5) is 47.5. The summed E-state index contributed by atoms with van der Waals surface area (Å²) in [5.41, 5.74) is 1.34. The van der Waals surface area contributed by atoms with Crippen molar-refractivity contribution >= 4 is 45.9 Å². The number of benzene rings is 1. The molecule has 31 heavy (non-hydrogen) atoms. The number of carbonyl (C=O) groups excluding carboxylic acids is 1. The molecule has 0 saturated carbocycles. The highest BCUT2D eigenvalue weighted by Crippen LogP contribution is 2.17. The van der Waals surface area contributed by atoms with Gasteiger partial charge >= 0.3 is 5.69 Å². The maximum absolute atomic E-state index is 12.4. The summed E-state index contributed by atoms with van der Waals surface area (Å²) < 4.78 is 2.43. The molecule has 162 valence electrons. The third-order valence-electron chi connectivity index (χ3n) is 5.49. The van der Waals surface area contributed by atoms with Gasteiger partial charge in [0.15, 0.2) is 22.1 Å². The highest BCUT2D eigenvalue weighted by molar-refractivity contribution is 7.80. The fraction of sp³-hybridized carbons (Fsp3) is 0.350. The average molecular weight is 442 g/mol. The van der Waals surface area contributed by atoms with Crippen LogP contribution in [-0.2, 0) is 14.1 Å². The molecule has 4 rings (SSSR count). The smallest absolute Gasteiger partial charge is 0.332 e. The number of fused-ring (bicyclic) bond motifs is 1. The summed E-state index contributed by atoms with van der Waals surface area (Å²) in [7, 11) is 3.05. The number of aromatic nitrogens is 4. The molecule has 3 heterocycles. The number of thiocarbonyl (C=S) groups is 1. The van der Waals surface area contributed by atoms with Crippen LogP contribution in [-0.4, -0.2) is 61.1 Å². The Balaban J connectivity index is 1.44. The van der Waals surface area contributed by atoms with Crippen LogP contribution in [0.5, 0.6) is 0 Å². The number of hydrogen-bond acceptors (Lipinski definition) is 6. The van der Waals surface area contributed by atoms with Crippen molar-refractivity contribution in [2.45, 2.75) is 6.92 Å². The van der Waals surface area contributed by atoms with E-state index in [0.717, 1.165) is 10.3 Å². The maximum atomic E-state index is 12.4. The van der Waals surface area contributed by atoms with Crippen molar-refractivity contribution in [3.63, 3.8) is 0 Å². The first kappa shape index (κ1) is 20.8. The molecule has 1 aromatic carbocycles. The van der Waals surface area contributed by atoms with Crippen molar-refractivity contribution in [1.29, 1.82) is 0 Å². The van der Waals surface area contributed by atoms with Gasteiger partial charge in [-0.05, 0) is 43.4 Å². The molecule has 0 unspecified atom stereocenters. The molecular formula is C20H23N7O3S. The second-order valence-corrected chi connectivity index (χ2v) is 7.89. The first-order valence-electron chi connectivity index (χ1n) is 9.84. The van der Waals surface area contributed by atoms with Gasteiger partial charge in [0.25, 0.3) is 5.56 Å². The lowest BCUT2D eigenvalue weighted by molar-refractivity contribution is 0.101. The number of rotatable bonds is 3. The van der Waals surface area contributed by atoms with Crippen LogP contribution in [0.3, 0.4) is 0 Å². The number of Topliss-reactive ketones (excluding diaryl/α,β-unsaturated/α-hetero) is 1. The number of aryl methyl sites for hydroxylation is 1. The third-order valence-corrected chi connectivity index (χ3v) is 5.85. The van der Waals surface area contributed by atoms with Gasteiger partial charge in [0, 0.05) is 51.5 Å². The van der Waals surface area contributed by atoms with Crippen LogP contribution in [0, 0.1) is 0 Å². The molecule has 10 nitrogen and oxygen atoms in total. The normalized spacial score (nSPS) is 14.2. The summed E-state index contributed by atoms with van der Waals surface area (Å²) in [6.07, 6.45) is 0. The number of H-pyrrole nitrogens is 1. The van der Waals surface area contributed by atoms with Gasteiger partial charge in [0.1, 0.15) is 0 Å². The number of nitrogens with one attached hydrogen (secondary N) is 2. The van der Waals surface area contributed by atoms with Gasteiger partial charge in [-0.2, -0.15) is 4.98 Å². The molecule has 1 aliphatic rings. The first-order valence-corrected chi connectivity index (χ1v) is 10.2. The highest BCUT2D eigenvalue weighted by atomic mass is 32.1. The molecule has 1 saturated heterocycles. The number of carbonyl (C=O) groups is 1. The number of nitrogens with zero attached hydrogens (tertiary/aromatic N) is 5. The first-order chi connectivity index (χ1) is 14.8. The fourth-order valence-electron chi connectivity index (χ4n) is 3.58. The number of anilines is 2. The van der Waals surface area contributed by atoms with E-state index in [1.165, 1.54) is 18.5 Å². The second kappa shape index (κ2) is 7.99. The third kappa shape index (κ3) is 3.83. The monoisotopic (exact) mass is 441 g/mol. The molecule has 2 aromatic heterocycles. The summed E-state index contributed by atoms with van der Waals surface area (Å²) in [5.74, 6) is 0.584. The number of ketones is 1. The molecule has 0 spiro atoms. The molecule has 0 aliphatic carbocycles. The van der Waals surface area contributed by atoms with Crippen molar-refractivity contribution in [1.82, 2.24) is 24.0 Å². The van der Waals surface area contributed by atoms with Crippen molar-refractivity contribution in [3.8, 4) is 0 Å². The predicted molar refractivity (Wildman–Crippen MR) is 123 cm³/mol. The van der Waals surface area contributed by atoms with E-state index < -0.39 is 11.2 Å². The van der Waals surface area contributed by atoms with Crippen LogP contribution in [0.15, 0.2) is 33.9 Å². The van der Waals surface area contributed by atoms with E-state index in [2.05, 4.69) is 20.2 Å².